The second kappa shape index (κ2) is 4.37. The van der Waals surface area contributed by atoms with Crippen LogP contribution in [0.5, 0.6) is 5.75 Å². The van der Waals surface area contributed by atoms with Gasteiger partial charge >= 0.3 is 0 Å². The molecule has 1 atom stereocenters. The summed E-state index contributed by atoms with van der Waals surface area (Å²) >= 11 is 0. The Labute approximate surface area is 94.6 Å². The van der Waals surface area contributed by atoms with E-state index in [2.05, 4.69) is 5.10 Å². The molecule has 0 radical (unpaired) electrons. The summed E-state index contributed by atoms with van der Waals surface area (Å²) in [4.78, 5) is 0. The molecule has 0 aliphatic carbocycles. The van der Waals surface area contributed by atoms with Crippen molar-refractivity contribution >= 4 is 0 Å². The van der Waals surface area contributed by atoms with Gasteiger partial charge in [0.25, 0.3) is 0 Å². The molecule has 1 aromatic carbocycles. The Morgan fingerprint density at radius 2 is 1.94 bits per heavy atom. The van der Waals surface area contributed by atoms with Gasteiger partial charge in [-0.3, -0.25) is 4.68 Å². The van der Waals surface area contributed by atoms with Crippen LogP contribution in [0.4, 0.5) is 0 Å². The summed E-state index contributed by atoms with van der Waals surface area (Å²) < 4.78 is 6.85. The van der Waals surface area contributed by atoms with Gasteiger partial charge < -0.3 is 10.5 Å². The summed E-state index contributed by atoms with van der Waals surface area (Å²) in [5.41, 5.74) is 8.18. The Morgan fingerprint density at radius 3 is 2.44 bits per heavy atom. The van der Waals surface area contributed by atoms with Crippen LogP contribution in [0.2, 0.25) is 0 Å². The van der Waals surface area contributed by atoms with E-state index in [1.165, 1.54) is 0 Å². The quantitative estimate of drug-likeness (QED) is 0.847. The highest BCUT2D eigenvalue weighted by Gasteiger charge is 2.10. The molecule has 0 saturated carbocycles. The molecule has 1 heterocycles. The second-order valence-corrected chi connectivity index (χ2v) is 3.70. The van der Waals surface area contributed by atoms with Crippen molar-refractivity contribution in [3.8, 4) is 5.75 Å². The summed E-state index contributed by atoms with van der Waals surface area (Å²) in [7, 11) is 3.53. The zero-order chi connectivity index (χ0) is 11.5. The fourth-order valence-corrected chi connectivity index (χ4v) is 1.60. The lowest BCUT2D eigenvalue weighted by molar-refractivity contribution is 0.414. The number of aromatic nitrogens is 2. The number of hydrogen-bond acceptors (Lipinski definition) is 3. The minimum absolute atomic E-state index is 0.139. The van der Waals surface area contributed by atoms with Gasteiger partial charge in [-0.25, -0.2) is 0 Å². The lowest BCUT2D eigenvalue weighted by Crippen LogP contribution is -2.10. The lowest BCUT2D eigenvalue weighted by atomic mass is 10.0. The maximum absolute atomic E-state index is 6.13. The van der Waals surface area contributed by atoms with Gasteiger partial charge in [-0.1, -0.05) is 12.1 Å². The molecule has 2 aromatic rings. The Morgan fingerprint density at radius 1 is 1.25 bits per heavy atom. The van der Waals surface area contributed by atoms with E-state index in [1.54, 1.807) is 18.0 Å². The summed E-state index contributed by atoms with van der Waals surface area (Å²) in [5, 5.41) is 4.11. The molecule has 0 spiro atoms. The number of methoxy groups -OCH3 is 1. The van der Waals surface area contributed by atoms with Crippen LogP contribution in [0.25, 0.3) is 0 Å². The number of aryl methyl sites for hydroxylation is 1. The molecule has 0 bridgehead atoms. The SMILES string of the molecule is COc1ccc([C@H](N)c2cnn(C)c2)cc1. The van der Waals surface area contributed by atoms with E-state index in [1.807, 2.05) is 37.5 Å². The first-order valence-electron chi connectivity index (χ1n) is 5.09. The fraction of sp³-hybridized carbons (Fsp3) is 0.250. The van der Waals surface area contributed by atoms with E-state index in [0.29, 0.717) is 0 Å². The van der Waals surface area contributed by atoms with Gasteiger partial charge in [0.1, 0.15) is 5.75 Å². The summed E-state index contributed by atoms with van der Waals surface area (Å²) in [5.74, 6) is 0.835. The molecule has 16 heavy (non-hydrogen) atoms. The molecule has 0 amide bonds. The maximum atomic E-state index is 6.13. The third-order valence-corrected chi connectivity index (χ3v) is 2.56. The van der Waals surface area contributed by atoms with Crippen LogP contribution in [0.1, 0.15) is 17.2 Å². The van der Waals surface area contributed by atoms with Crippen molar-refractivity contribution in [2.75, 3.05) is 7.11 Å². The summed E-state index contributed by atoms with van der Waals surface area (Å²) in [6.45, 7) is 0. The van der Waals surface area contributed by atoms with Crippen LogP contribution in [-0.2, 0) is 7.05 Å². The normalized spacial score (nSPS) is 12.4. The van der Waals surface area contributed by atoms with Crippen molar-refractivity contribution in [3.05, 3.63) is 47.8 Å². The number of ether oxygens (including phenoxy) is 1. The van der Waals surface area contributed by atoms with Crippen LogP contribution in [-0.4, -0.2) is 16.9 Å². The van der Waals surface area contributed by atoms with Gasteiger partial charge in [-0.2, -0.15) is 5.10 Å². The predicted molar refractivity (Wildman–Crippen MR) is 62.2 cm³/mol. The van der Waals surface area contributed by atoms with Gasteiger partial charge in [-0.05, 0) is 17.7 Å². The molecular weight excluding hydrogens is 202 g/mol. The second-order valence-electron chi connectivity index (χ2n) is 3.70. The van der Waals surface area contributed by atoms with Crippen molar-refractivity contribution in [1.82, 2.24) is 9.78 Å². The molecule has 2 N–H and O–H groups in total. The van der Waals surface area contributed by atoms with Gasteiger partial charge in [-0.15, -0.1) is 0 Å². The minimum Gasteiger partial charge on any atom is -0.497 e. The first-order valence-corrected chi connectivity index (χ1v) is 5.09. The molecule has 0 fully saturated rings. The van der Waals surface area contributed by atoms with Crippen LogP contribution < -0.4 is 10.5 Å². The van der Waals surface area contributed by atoms with Gasteiger partial charge in [0, 0.05) is 18.8 Å². The topological polar surface area (TPSA) is 53.1 Å². The van der Waals surface area contributed by atoms with E-state index in [9.17, 15) is 0 Å². The molecule has 0 aliphatic rings. The van der Waals surface area contributed by atoms with E-state index in [0.717, 1.165) is 16.9 Å². The van der Waals surface area contributed by atoms with Crippen molar-refractivity contribution < 1.29 is 4.74 Å². The van der Waals surface area contributed by atoms with E-state index >= 15 is 0 Å². The van der Waals surface area contributed by atoms with Crippen molar-refractivity contribution in [1.29, 1.82) is 0 Å². The fourth-order valence-electron chi connectivity index (χ4n) is 1.60. The third-order valence-electron chi connectivity index (χ3n) is 2.56. The van der Waals surface area contributed by atoms with E-state index in [-0.39, 0.29) is 6.04 Å². The van der Waals surface area contributed by atoms with Crippen molar-refractivity contribution in [2.45, 2.75) is 6.04 Å². The summed E-state index contributed by atoms with van der Waals surface area (Å²) in [6, 6.07) is 7.61. The van der Waals surface area contributed by atoms with E-state index in [4.69, 9.17) is 10.5 Å². The Balaban J connectivity index is 2.23. The van der Waals surface area contributed by atoms with E-state index < -0.39 is 0 Å². The van der Waals surface area contributed by atoms with Gasteiger partial charge in [0.05, 0.1) is 19.3 Å². The Hall–Kier alpha value is -1.81. The molecule has 1 aromatic heterocycles. The van der Waals surface area contributed by atoms with Crippen LogP contribution >= 0.6 is 0 Å². The molecular formula is C12H15N3O. The molecule has 0 saturated heterocycles. The first-order chi connectivity index (χ1) is 7.70. The number of hydrogen-bond donors (Lipinski definition) is 1. The molecule has 0 aliphatic heterocycles. The monoisotopic (exact) mass is 217 g/mol. The van der Waals surface area contributed by atoms with Gasteiger partial charge in [0.15, 0.2) is 0 Å². The Bertz CT molecular complexity index is 461. The largest absolute Gasteiger partial charge is 0.497 e. The highest BCUT2D eigenvalue weighted by molar-refractivity contribution is 5.33. The zero-order valence-corrected chi connectivity index (χ0v) is 9.42. The van der Waals surface area contributed by atoms with Crippen molar-refractivity contribution in [3.63, 3.8) is 0 Å². The average molecular weight is 217 g/mol. The Kier molecular flexibility index (Phi) is 2.92. The average Bonchev–Trinajstić information content (AvgIpc) is 2.75. The van der Waals surface area contributed by atoms with Crippen molar-refractivity contribution in [2.24, 2.45) is 12.8 Å². The van der Waals surface area contributed by atoms with Crippen LogP contribution in [0.15, 0.2) is 36.7 Å². The van der Waals surface area contributed by atoms with Gasteiger partial charge in [0.2, 0.25) is 0 Å². The number of nitrogens with two attached hydrogens (primary N) is 1. The maximum Gasteiger partial charge on any atom is 0.118 e. The highest BCUT2D eigenvalue weighted by Crippen LogP contribution is 2.21. The highest BCUT2D eigenvalue weighted by atomic mass is 16.5. The third kappa shape index (κ3) is 2.06. The van der Waals surface area contributed by atoms with Crippen LogP contribution in [0, 0.1) is 0 Å². The number of benzene rings is 1. The molecule has 4 heteroatoms. The smallest absolute Gasteiger partial charge is 0.118 e. The summed E-state index contributed by atoms with van der Waals surface area (Å²) in [6.07, 6.45) is 3.71. The van der Waals surface area contributed by atoms with Crippen LogP contribution in [0.3, 0.4) is 0 Å². The molecule has 0 unspecified atom stereocenters. The lowest BCUT2D eigenvalue weighted by Gasteiger charge is -2.10. The predicted octanol–water partition coefficient (Wildman–Crippen LogP) is 1.48. The number of rotatable bonds is 3. The molecule has 84 valence electrons. The zero-order valence-electron chi connectivity index (χ0n) is 9.42. The molecule has 2 rings (SSSR count). The number of nitrogens with zero attached hydrogens (tertiary/aromatic N) is 2. The standard InChI is InChI=1S/C12H15N3O/c1-15-8-10(7-14-15)12(13)9-3-5-11(16-2)6-4-9/h3-8,12H,13H2,1-2H3/t12-/m0/s1. The molecule has 4 nitrogen and oxygen atoms in total. The minimum atomic E-state index is -0.139. The first kappa shape index (κ1) is 10.7.